The van der Waals surface area contributed by atoms with Gasteiger partial charge in [0.05, 0.1) is 0 Å². The summed E-state index contributed by atoms with van der Waals surface area (Å²) < 4.78 is 5.73. The van der Waals surface area contributed by atoms with Gasteiger partial charge < -0.3 is 19.3 Å². The number of nitrogens with zero attached hydrogens (tertiary/aromatic N) is 2. The number of likely N-dealkylation sites (tertiary alicyclic amines) is 1. The van der Waals surface area contributed by atoms with Gasteiger partial charge in [-0.1, -0.05) is 18.2 Å². The standard InChI is InChI=1S/C17H24N2O2/c1-18-8-7-13(10-18)11-19(2)12-15(20)17-9-14-5-3-4-6-16(14)21-17/h3-6,9,13,15,20H,7-8,10-12H2,1-2H3. The maximum Gasteiger partial charge on any atom is 0.135 e. The molecule has 2 heterocycles. The zero-order valence-corrected chi connectivity index (χ0v) is 12.8. The van der Waals surface area contributed by atoms with Crippen molar-refractivity contribution in [2.24, 2.45) is 5.92 Å². The first-order valence-electron chi connectivity index (χ1n) is 7.65. The molecule has 2 unspecified atom stereocenters. The molecule has 4 heteroatoms. The number of benzene rings is 1. The molecule has 1 aromatic carbocycles. The lowest BCUT2D eigenvalue weighted by atomic mass is 10.1. The lowest BCUT2D eigenvalue weighted by Gasteiger charge is -2.22. The van der Waals surface area contributed by atoms with Crippen LogP contribution >= 0.6 is 0 Å². The Bertz CT molecular complexity index is 562. The van der Waals surface area contributed by atoms with Crippen LogP contribution in [0, 0.1) is 5.92 Å². The van der Waals surface area contributed by atoms with E-state index in [0.29, 0.717) is 18.2 Å². The quantitative estimate of drug-likeness (QED) is 0.917. The van der Waals surface area contributed by atoms with Gasteiger partial charge in [0.25, 0.3) is 0 Å². The van der Waals surface area contributed by atoms with Gasteiger partial charge in [0.15, 0.2) is 0 Å². The normalized spacial score (nSPS) is 21.4. The third-order valence-corrected chi connectivity index (χ3v) is 4.32. The molecule has 3 rings (SSSR count). The van der Waals surface area contributed by atoms with Gasteiger partial charge >= 0.3 is 0 Å². The molecule has 1 aliphatic rings. The number of para-hydroxylation sites is 1. The number of aliphatic hydroxyl groups excluding tert-OH is 1. The van der Waals surface area contributed by atoms with Crippen LogP contribution < -0.4 is 0 Å². The van der Waals surface area contributed by atoms with Gasteiger partial charge in [-0.15, -0.1) is 0 Å². The summed E-state index contributed by atoms with van der Waals surface area (Å²) in [5.74, 6) is 1.37. The van der Waals surface area contributed by atoms with Crippen LogP contribution in [0.3, 0.4) is 0 Å². The molecule has 114 valence electrons. The summed E-state index contributed by atoms with van der Waals surface area (Å²) in [4.78, 5) is 4.58. The van der Waals surface area contributed by atoms with Crippen molar-refractivity contribution >= 4 is 11.0 Å². The van der Waals surface area contributed by atoms with Crippen LogP contribution in [0.5, 0.6) is 0 Å². The summed E-state index contributed by atoms with van der Waals surface area (Å²) in [7, 11) is 4.24. The number of furan rings is 1. The minimum atomic E-state index is -0.568. The van der Waals surface area contributed by atoms with Crippen molar-refractivity contribution < 1.29 is 9.52 Å². The van der Waals surface area contributed by atoms with Crippen molar-refractivity contribution in [3.05, 3.63) is 36.1 Å². The third kappa shape index (κ3) is 3.46. The maximum atomic E-state index is 10.4. The molecule has 2 aromatic rings. The number of hydrogen-bond donors (Lipinski definition) is 1. The van der Waals surface area contributed by atoms with Gasteiger partial charge in [0.2, 0.25) is 0 Å². The largest absolute Gasteiger partial charge is 0.458 e. The maximum absolute atomic E-state index is 10.4. The van der Waals surface area contributed by atoms with Crippen molar-refractivity contribution in [2.45, 2.75) is 12.5 Å². The smallest absolute Gasteiger partial charge is 0.135 e. The van der Waals surface area contributed by atoms with Crippen molar-refractivity contribution in [3.8, 4) is 0 Å². The Balaban J connectivity index is 1.58. The molecule has 21 heavy (non-hydrogen) atoms. The average Bonchev–Trinajstić information content (AvgIpc) is 3.04. The van der Waals surface area contributed by atoms with E-state index >= 15 is 0 Å². The predicted octanol–water partition coefficient (Wildman–Crippen LogP) is 2.35. The van der Waals surface area contributed by atoms with E-state index in [1.807, 2.05) is 30.3 Å². The summed E-state index contributed by atoms with van der Waals surface area (Å²) >= 11 is 0. The van der Waals surface area contributed by atoms with E-state index < -0.39 is 6.10 Å². The first-order chi connectivity index (χ1) is 10.1. The Morgan fingerprint density at radius 2 is 2.24 bits per heavy atom. The van der Waals surface area contributed by atoms with Crippen LogP contribution in [0.15, 0.2) is 34.7 Å². The summed E-state index contributed by atoms with van der Waals surface area (Å²) in [6.45, 7) is 3.98. The van der Waals surface area contributed by atoms with E-state index in [4.69, 9.17) is 4.42 Å². The molecule has 0 amide bonds. The summed E-state index contributed by atoms with van der Waals surface area (Å²) in [6.07, 6.45) is 0.684. The molecule has 0 aliphatic carbocycles. The highest BCUT2D eigenvalue weighted by atomic mass is 16.4. The predicted molar refractivity (Wildman–Crippen MR) is 84.3 cm³/mol. The Hall–Kier alpha value is -1.36. The molecule has 1 aromatic heterocycles. The molecule has 0 spiro atoms. The Morgan fingerprint density at radius 1 is 1.43 bits per heavy atom. The molecule has 0 radical (unpaired) electrons. The number of hydrogen-bond acceptors (Lipinski definition) is 4. The first kappa shape index (κ1) is 14.6. The Kier molecular flexibility index (Phi) is 4.29. The van der Waals surface area contributed by atoms with Crippen LogP contribution in [0.1, 0.15) is 18.3 Å². The summed E-state index contributed by atoms with van der Waals surface area (Å²) in [5.41, 5.74) is 0.839. The Labute approximate surface area is 125 Å². The fraction of sp³-hybridized carbons (Fsp3) is 0.529. The van der Waals surface area contributed by atoms with E-state index in [-0.39, 0.29) is 0 Å². The minimum absolute atomic E-state index is 0.568. The van der Waals surface area contributed by atoms with Crippen molar-refractivity contribution in [1.82, 2.24) is 9.80 Å². The molecule has 1 aliphatic heterocycles. The number of rotatable bonds is 5. The van der Waals surface area contributed by atoms with Crippen LogP contribution in [0.4, 0.5) is 0 Å². The second-order valence-corrected chi connectivity index (χ2v) is 6.34. The first-order valence-corrected chi connectivity index (χ1v) is 7.65. The minimum Gasteiger partial charge on any atom is -0.458 e. The summed E-state index contributed by atoms with van der Waals surface area (Å²) in [5, 5.41) is 11.4. The van der Waals surface area contributed by atoms with Crippen molar-refractivity contribution in [1.29, 1.82) is 0 Å². The van der Waals surface area contributed by atoms with Crippen LogP contribution in [0.25, 0.3) is 11.0 Å². The number of aliphatic hydroxyl groups is 1. The number of likely N-dealkylation sites (N-methyl/N-ethyl adjacent to an activating group) is 1. The Morgan fingerprint density at radius 3 is 2.95 bits per heavy atom. The molecule has 1 fully saturated rings. The van der Waals surface area contributed by atoms with E-state index in [1.165, 1.54) is 13.0 Å². The van der Waals surface area contributed by atoms with Gasteiger partial charge in [-0.3, -0.25) is 0 Å². The molecular weight excluding hydrogens is 264 g/mol. The van der Waals surface area contributed by atoms with Gasteiger partial charge in [0.1, 0.15) is 17.4 Å². The second kappa shape index (κ2) is 6.18. The van der Waals surface area contributed by atoms with Crippen LogP contribution in [-0.2, 0) is 0 Å². The van der Waals surface area contributed by atoms with E-state index in [9.17, 15) is 5.11 Å². The molecule has 0 saturated carbocycles. The zero-order chi connectivity index (χ0) is 14.8. The van der Waals surface area contributed by atoms with E-state index in [1.54, 1.807) is 0 Å². The topological polar surface area (TPSA) is 39.9 Å². The summed E-state index contributed by atoms with van der Waals surface area (Å²) in [6, 6.07) is 9.81. The van der Waals surface area contributed by atoms with Gasteiger partial charge in [0, 0.05) is 25.0 Å². The molecular formula is C17H24N2O2. The van der Waals surface area contributed by atoms with Crippen LogP contribution in [0.2, 0.25) is 0 Å². The van der Waals surface area contributed by atoms with E-state index in [0.717, 1.165) is 24.1 Å². The fourth-order valence-corrected chi connectivity index (χ4v) is 3.24. The highest BCUT2D eigenvalue weighted by molar-refractivity contribution is 5.77. The van der Waals surface area contributed by atoms with Gasteiger partial charge in [-0.2, -0.15) is 0 Å². The van der Waals surface area contributed by atoms with Crippen molar-refractivity contribution in [3.63, 3.8) is 0 Å². The fourth-order valence-electron chi connectivity index (χ4n) is 3.24. The molecule has 4 nitrogen and oxygen atoms in total. The SMILES string of the molecule is CN1CCC(CN(C)CC(O)c2cc3ccccc3o2)C1. The lowest BCUT2D eigenvalue weighted by molar-refractivity contribution is 0.101. The third-order valence-electron chi connectivity index (χ3n) is 4.32. The second-order valence-electron chi connectivity index (χ2n) is 6.34. The molecule has 1 N–H and O–H groups in total. The van der Waals surface area contributed by atoms with Gasteiger partial charge in [-0.25, -0.2) is 0 Å². The molecule has 0 bridgehead atoms. The van der Waals surface area contributed by atoms with Crippen LogP contribution in [-0.4, -0.2) is 55.2 Å². The molecule has 1 saturated heterocycles. The highest BCUT2D eigenvalue weighted by Gasteiger charge is 2.22. The monoisotopic (exact) mass is 288 g/mol. The zero-order valence-electron chi connectivity index (χ0n) is 12.8. The average molecular weight is 288 g/mol. The lowest BCUT2D eigenvalue weighted by Crippen LogP contribution is -2.30. The molecule has 2 atom stereocenters. The van der Waals surface area contributed by atoms with E-state index in [2.05, 4.69) is 23.9 Å². The number of fused-ring (bicyclic) bond motifs is 1. The van der Waals surface area contributed by atoms with Crippen molar-refractivity contribution in [2.75, 3.05) is 40.3 Å². The highest BCUT2D eigenvalue weighted by Crippen LogP contribution is 2.24. The van der Waals surface area contributed by atoms with Gasteiger partial charge in [-0.05, 0) is 45.1 Å².